The third-order valence-electron chi connectivity index (χ3n) is 4.08. The van der Waals surface area contributed by atoms with Crippen LogP contribution in [-0.4, -0.2) is 31.9 Å². The lowest BCUT2D eigenvalue weighted by molar-refractivity contribution is 0.0181. The first-order chi connectivity index (χ1) is 8.62. The summed E-state index contributed by atoms with van der Waals surface area (Å²) in [6.07, 6.45) is 4.77. The summed E-state index contributed by atoms with van der Waals surface area (Å²) in [7, 11) is 0.812. The third kappa shape index (κ3) is 1.86. The number of pyridine rings is 1. The molecule has 3 rings (SSSR count). The van der Waals surface area contributed by atoms with Gasteiger partial charge in [0, 0.05) is 33.6 Å². The predicted molar refractivity (Wildman–Crippen MR) is 68.9 cm³/mol. The molecule has 5 heteroatoms. The Hall–Kier alpha value is -0.940. The summed E-state index contributed by atoms with van der Waals surface area (Å²) >= 11 is 0. The van der Waals surface area contributed by atoms with Crippen molar-refractivity contribution in [2.75, 3.05) is 7.11 Å². The average molecular weight is 267 g/mol. The molecule has 1 N–H and O–H groups in total. The Morgan fingerprint density at radius 1 is 1.44 bits per heavy atom. The molecule has 4 nitrogen and oxygen atoms in total. The van der Waals surface area contributed by atoms with Gasteiger partial charge >= 0.3 is 0 Å². The minimum Gasteiger partial charge on any atom is -0.481 e. The molecular weight excluding hydrogens is 250 g/mol. The van der Waals surface area contributed by atoms with Crippen LogP contribution in [0.25, 0.3) is 0 Å². The van der Waals surface area contributed by atoms with Gasteiger partial charge in [0.15, 0.2) is 0 Å². The molecule has 0 saturated carbocycles. The van der Waals surface area contributed by atoms with Crippen molar-refractivity contribution in [2.24, 2.45) is 0 Å². The first kappa shape index (κ1) is 12.1. The highest BCUT2D eigenvalue weighted by atomic mass is 32.2. The van der Waals surface area contributed by atoms with Gasteiger partial charge in [-0.3, -0.25) is 4.21 Å². The van der Waals surface area contributed by atoms with Crippen molar-refractivity contribution in [3.63, 3.8) is 0 Å². The Balaban J connectivity index is 1.93. The van der Waals surface area contributed by atoms with E-state index < -0.39 is 16.4 Å². The molecule has 0 radical (unpaired) electrons. The third-order valence-corrected chi connectivity index (χ3v) is 6.20. The van der Waals surface area contributed by atoms with Crippen molar-refractivity contribution >= 4 is 10.8 Å². The fourth-order valence-corrected chi connectivity index (χ4v) is 5.29. The summed E-state index contributed by atoms with van der Waals surface area (Å²) in [6.45, 7) is 0. The minimum absolute atomic E-state index is 0.146. The zero-order chi connectivity index (χ0) is 12.8. The van der Waals surface area contributed by atoms with E-state index in [-0.39, 0.29) is 10.5 Å². The lowest BCUT2D eigenvalue weighted by Crippen LogP contribution is -2.40. The van der Waals surface area contributed by atoms with E-state index in [4.69, 9.17) is 4.74 Å². The molecule has 2 atom stereocenters. The molecule has 0 aromatic carbocycles. The Morgan fingerprint density at radius 2 is 2.11 bits per heavy atom. The second-order valence-electron chi connectivity index (χ2n) is 5.18. The maximum Gasteiger partial charge on any atom is 0.213 e. The number of methoxy groups -OCH3 is 1. The Labute approximate surface area is 109 Å². The molecule has 2 unspecified atom stereocenters. The molecule has 1 aromatic heterocycles. The van der Waals surface area contributed by atoms with Gasteiger partial charge < -0.3 is 9.84 Å². The standard InChI is InChI=1S/C13H17NO3S/c1-17-12-6-9(4-5-14-12)13(15)7-10-2-3-11(8-13)18(10)16/h4-6,10-11,15H,2-3,7-8H2,1H3. The Kier molecular flexibility index (Phi) is 2.90. The molecular formula is C13H17NO3S. The molecule has 2 fully saturated rings. The molecule has 18 heavy (non-hydrogen) atoms. The van der Waals surface area contributed by atoms with E-state index in [1.807, 2.05) is 6.07 Å². The number of nitrogens with zero attached hydrogens (tertiary/aromatic N) is 1. The summed E-state index contributed by atoms with van der Waals surface area (Å²) in [6, 6.07) is 3.61. The van der Waals surface area contributed by atoms with E-state index in [0.29, 0.717) is 18.7 Å². The van der Waals surface area contributed by atoms with Gasteiger partial charge in [-0.1, -0.05) is 0 Å². The number of hydrogen-bond donors (Lipinski definition) is 1. The minimum atomic E-state index is -0.865. The van der Waals surface area contributed by atoms with Crippen molar-refractivity contribution in [3.05, 3.63) is 23.9 Å². The fraction of sp³-hybridized carbons (Fsp3) is 0.615. The number of ether oxygens (including phenoxy) is 1. The smallest absolute Gasteiger partial charge is 0.213 e. The van der Waals surface area contributed by atoms with Gasteiger partial charge in [-0.2, -0.15) is 0 Å². The molecule has 3 heterocycles. The average Bonchev–Trinajstić information content (AvgIpc) is 2.63. The molecule has 2 aliphatic heterocycles. The van der Waals surface area contributed by atoms with Crippen LogP contribution >= 0.6 is 0 Å². The lowest BCUT2D eigenvalue weighted by Gasteiger charge is -2.36. The first-order valence-corrected chi connectivity index (χ1v) is 7.52. The van der Waals surface area contributed by atoms with Crippen LogP contribution in [0.3, 0.4) is 0 Å². The van der Waals surface area contributed by atoms with Gasteiger partial charge in [-0.15, -0.1) is 0 Å². The Bertz CT molecular complexity index is 475. The Morgan fingerprint density at radius 3 is 2.72 bits per heavy atom. The van der Waals surface area contributed by atoms with Crippen LogP contribution in [0.1, 0.15) is 31.2 Å². The summed E-state index contributed by atoms with van der Waals surface area (Å²) in [5.41, 5.74) is -0.0291. The zero-order valence-electron chi connectivity index (χ0n) is 10.3. The van der Waals surface area contributed by atoms with E-state index in [2.05, 4.69) is 4.98 Å². The highest BCUT2D eigenvalue weighted by Crippen LogP contribution is 2.46. The van der Waals surface area contributed by atoms with Crippen molar-refractivity contribution < 1.29 is 14.1 Å². The molecule has 0 spiro atoms. The summed E-state index contributed by atoms with van der Waals surface area (Å²) < 4.78 is 17.1. The quantitative estimate of drug-likeness (QED) is 0.878. The van der Waals surface area contributed by atoms with Crippen LogP contribution in [0.5, 0.6) is 5.88 Å². The van der Waals surface area contributed by atoms with E-state index in [1.165, 1.54) is 0 Å². The van der Waals surface area contributed by atoms with Crippen molar-refractivity contribution in [1.29, 1.82) is 0 Å². The van der Waals surface area contributed by atoms with E-state index >= 15 is 0 Å². The SMILES string of the molecule is COc1cc(C2(O)CC3CCC(C2)S3=O)ccn1. The largest absolute Gasteiger partial charge is 0.481 e. The van der Waals surface area contributed by atoms with Gasteiger partial charge in [-0.05, 0) is 37.3 Å². The van der Waals surface area contributed by atoms with Gasteiger partial charge in [-0.25, -0.2) is 4.98 Å². The number of aromatic nitrogens is 1. The normalized spacial score (nSPS) is 38.7. The second-order valence-corrected chi connectivity index (χ2v) is 7.17. The maximum atomic E-state index is 12.0. The van der Waals surface area contributed by atoms with Crippen molar-refractivity contribution in [1.82, 2.24) is 4.98 Å². The molecule has 0 aliphatic carbocycles. The van der Waals surface area contributed by atoms with Gasteiger partial charge in [0.2, 0.25) is 5.88 Å². The predicted octanol–water partition coefficient (Wildman–Crippen LogP) is 1.35. The van der Waals surface area contributed by atoms with Crippen LogP contribution in [0.4, 0.5) is 0 Å². The van der Waals surface area contributed by atoms with Crippen LogP contribution < -0.4 is 4.74 Å². The maximum absolute atomic E-state index is 12.0. The first-order valence-electron chi connectivity index (χ1n) is 6.25. The van der Waals surface area contributed by atoms with Crippen LogP contribution in [0, 0.1) is 0 Å². The van der Waals surface area contributed by atoms with E-state index in [1.54, 1.807) is 19.4 Å². The van der Waals surface area contributed by atoms with E-state index in [9.17, 15) is 9.32 Å². The highest BCUT2D eigenvalue weighted by molar-refractivity contribution is 7.86. The zero-order valence-corrected chi connectivity index (χ0v) is 11.2. The molecule has 1 aromatic rings. The number of fused-ring (bicyclic) bond motifs is 2. The van der Waals surface area contributed by atoms with Gasteiger partial charge in [0.25, 0.3) is 0 Å². The molecule has 2 bridgehead atoms. The van der Waals surface area contributed by atoms with E-state index in [0.717, 1.165) is 18.4 Å². The summed E-state index contributed by atoms with van der Waals surface area (Å²) in [4.78, 5) is 4.06. The fourth-order valence-electron chi connectivity index (χ4n) is 3.13. The number of hydrogen-bond acceptors (Lipinski definition) is 4. The number of rotatable bonds is 2. The van der Waals surface area contributed by atoms with Crippen LogP contribution in [0.2, 0.25) is 0 Å². The molecule has 98 valence electrons. The summed E-state index contributed by atoms with van der Waals surface area (Å²) in [5.74, 6) is 0.514. The van der Waals surface area contributed by atoms with Gasteiger partial charge in [0.1, 0.15) is 0 Å². The topological polar surface area (TPSA) is 59.4 Å². The molecule has 2 aliphatic rings. The molecule has 0 amide bonds. The van der Waals surface area contributed by atoms with Crippen LogP contribution in [-0.2, 0) is 16.4 Å². The monoisotopic (exact) mass is 267 g/mol. The summed E-state index contributed by atoms with van der Waals surface area (Å²) in [5, 5.41) is 11.1. The van der Waals surface area contributed by atoms with Crippen molar-refractivity contribution in [3.8, 4) is 5.88 Å². The second kappa shape index (κ2) is 4.31. The molecule has 2 saturated heterocycles. The lowest BCUT2D eigenvalue weighted by atomic mass is 9.86. The number of aliphatic hydroxyl groups is 1. The van der Waals surface area contributed by atoms with Crippen LogP contribution in [0.15, 0.2) is 18.3 Å². The van der Waals surface area contributed by atoms with Gasteiger partial charge in [0.05, 0.1) is 12.7 Å². The highest BCUT2D eigenvalue weighted by Gasteiger charge is 2.48. The van der Waals surface area contributed by atoms with Crippen molar-refractivity contribution in [2.45, 2.75) is 41.8 Å².